The van der Waals surface area contributed by atoms with E-state index >= 15 is 0 Å². The summed E-state index contributed by atoms with van der Waals surface area (Å²) in [5.74, 6) is -0.778. The van der Waals surface area contributed by atoms with Gasteiger partial charge in [-0.2, -0.15) is 13.2 Å². The van der Waals surface area contributed by atoms with Crippen LogP contribution in [0.1, 0.15) is 24.0 Å². The van der Waals surface area contributed by atoms with Gasteiger partial charge in [-0.1, -0.05) is 18.2 Å². The Bertz CT molecular complexity index is 396. The summed E-state index contributed by atoms with van der Waals surface area (Å²) in [6.45, 7) is 8.92. The molecule has 0 bridgehead atoms. The van der Waals surface area contributed by atoms with Crippen LogP contribution in [0.3, 0.4) is 0 Å². The van der Waals surface area contributed by atoms with E-state index in [1.165, 1.54) is 24.3 Å². The Morgan fingerprint density at radius 2 is 2.06 bits per heavy atom. The third kappa shape index (κ3) is 3.02. The molecule has 1 rings (SSSR count). The highest BCUT2D eigenvalue weighted by Gasteiger charge is 2.37. The average molecular weight is 243 g/mol. The smallest absolute Gasteiger partial charge is 0.420 e. The predicted octanol–water partition coefficient (Wildman–Crippen LogP) is 4.21. The zero-order chi connectivity index (χ0) is 13.1. The molecule has 0 saturated heterocycles. The van der Waals surface area contributed by atoms with Crippen LogP contribution in [0.5, 0.6) is 5.75 Å². The molecule has 0 aliphatic heterocycles. The number of halogens is 3. The van der Waals surface area contributed by atoms with Crippen molar-refractivity contribution in [3.8, 4) is 5.75 Å². The number of hydrogen-bond acceptors (Lipinski definition) is 1. The van der Waals surface area contributed by atoms with E-state index in [9.17, 15) is 13.2 Å². The molecule has 0 aromatic heterocycles. The number of ether oxygens (including phenoxy) is 1. The van der Waals surface area contributed by atoms with E-state index in [0.29, 0.717) is 0 Å². The molecular formula is C13H14F3O. The Labute approximate surface area is 98.9 Å². The highest BCUT2D eigenvalue weighted by molar-refractivity contribution is 5.45. The van der Waals surface area contributed by atoms with Crippen LogP contribution in [-0.2, 0) is 6.18 Å². The van der Waals surface area contributed by atoms with Crippen LogP contribution in [0.15, 0.2) is 30.9 Å². The van der Waals surface area contributed by atoms with E-state index in [1.807, 2.05) is 0 Å². The van der Waals surface area contributed by atoms with E-state index in [4.69, 9.17) is 4.74 Å². The van der Waals surface area contributed by atoms with Gasteiger partial charge in [0.1, 0.15) is 11.3 Å². The van der Waals surface area contributed by atoms with Gasteiger partial charge in [-0.05, 0) is 25.5 Å². The molecule has 1 aromatic rings. The average Bonchev–Trinajstić information content (AvgIpc) is 2.26. The molecule has 1 radical (unpaired) electrons. The fourth-order valence-electron chi connectivity index (χ4n) is 1.56. The van der Waals surface area contributed by atoms with Crippen LogP contribution in [-0.4, -0.2) is 6.61 Å². The van der Waals surface area contributed by atoms with Crippen molar-refractivity contribution in [2.45, 2.75) is 19.0 Å². The summed E-state index contributed by atoms with van der Waals surface area (Å²) in [6, 6.07) is 4.23. The fraction of sp³-hybridized carbons (Fsp3) is 0.308. The van der Waals surface area contributed by atoms with Crippen molar-refractivity contribution in [2.24, 2.45) is 0 Å². The molecule has 0 fully saturated rings. The molecule has 0 aliphatic carbocycles. The number of allylic oxidation sites excluding steroid dienone is 1. The molecule has 1 nitrogen and oxygen atoms in total. The minimum Gasteiger partial charge on any atom is -0.493 e. The first-order chi connectivity index (χ1) is 7.91. The second kappa shape index (κ2) is 5.25. The van der Waals surface area contributed by atoms with Gasteiger partial charge in [-0.3, -0.25) is 0 Å². The molecule has 0 amide bonds. The number of hydrogen-bond donors (Lipinski definition) is 0. The highest BCUT2D eigenvalue weighted by Crippen LogP contribution is 2.41. The summed E-state index contributed by atoms with van der Waals surface area (Å²) in [7, 11) is 0. The molecule has 0 spiro atoms. The minimum absolute atomic E-state index is 0.0819. The van der Waals surface area contributed by atoms with Gasteiger partial charge < -0.3 is 4.74 Å². The third-order valence-electron chi connectivity index (χ3n) is 2.33. The summed E-state index contributed by atoms with van der Waals surface area (Å²) in [5, 5.41) is 0. The minimum atomic E-state index is -4.46. The van der Waals surface area contributed by atoms with Gasteiger partial charge in [0.15, 0.2) is 0 Å². The second-order valence-electron chi connectivity index (χ2n) is 3.49. The lowest BCUT2D eigenvalue weighted by Gasteiger charge is -2.19. The van der Waals surface area contributed by atoms with Crippen LogP contribution in [0, 0.1) is 6.92 Å². The maximum absolute atomic E-state index is 13.0. The normalized spacial score (nSPS) is 13.2. The van der Waals surface area contributed by atoms with Crippen LogP contribution in [0.25, 0.3) is 0 Å². The van der Waals surface area contributed by atoms with Crippen molar-refractivity contribution in [2.75, 3.05) is 6.61 Å². The summed E-state index contributed by atoms with van der Waals surface area (Å²) in [4.78, 5) is 0. The Hall–Kier alpha value is -1.45. The molecule has 0 N–H and O–H groups in total. The second-order valence-corrected chi connectivity index (χ2v) is 3.49. The Kier molecular flexibility index (Phi) is 4.21. The first kappa shape index (κ1) is 13.6. The quantitative estimate of drug-likeness (QED) is 0.720. The Morgan fingerprint density at radius 1 is 1.41 bits per heavy atom. The topological polar surface area (TPSA) is 9.23 Å². The molecule has 1 unspecified atom stereocenters. The molecule has 93 valence electrons. The summed E-state index contributed by atoms with van der Waals surface area (Å²) in [6.07, 6.45) is -3.08. The molecule has 1 atom stereocenters. The molecule has 1 aromatic carbocycles. The van der Waals surface area contributed by atoms with Crippen LogP contribution < -0.4 is 4.74 Å². The zero-order valence-corrected chi connectivity index (χ0v) is 9.55. The van der Waals surface area contributed by atoms with Crippen molar-refractivity contribution >= 4 is 0 Å². The van der Waals surface area contributed by atoms with E-state index in [2.05, 4.69) is 13.5 Å². The molecule has 0 saturated carbocycles. The lowest BCUT2D eigenvalue weighted by atomic mass is 9.94. The van der Waals surface area contributed by atoms with Crippen molar-refractivity contribution in [1.82, 2.24) is 0 Å². The molecular weight excluding hydrogens is 229 g/mol. The van der Waals surface area contributed by atoms with E-state index < -0.39 is 17.7 Å². The number of alkyl halides is 3. The van der Waals surface area contributed by atoms with Crippen LogP contribution >= 0.6 is 0 Å². The summed E-state index contributed by atoms with van der Waals surface area (Å²) >= 11 is 0. The fourth-order valence-corrected chi connectivity index (χ4v) is 1.56. The first-order valence-corrected chi connectivity index (χ1v) is 5.20. The van der Waals surface area contributed by atoms with Crippen molar-refractivity contribution in [1.29, 1.82) is 0 Å². The standard InChI is InChI=1S/C13H14F3O/c1-4-9(3)10-7-6-8-11(17-5-2)12(10)13(14,15)16/h4,6-9H,1,3,5H2,2H3. The van der Waals surface area contributed by atoms with E-state index in [1.54, 1.807) is 6.92 Å². The van der Waals surface area contributed by atoms with Crippen molar-refractivity contribution < 1.29 is 17.9 Å². The van der Waals surface area contributed by atoms with Crippen LogP contribution in [0.2, 0.25) is 0 Å². The van der Waals surface area contributed by atoms with Gasteiger partial charge in [-0.15, -0.1) is 6.58 Å². The number of rotatable bonds is 4. The molecule has 0 heterocycles. The van der Waals surface area contributed by atoms with Crippen molar-refractivity contribution in [3.63, 3.8) is 0 Å². The Morgan fingerprint density at radius 3 is 2.53 bits per heavy atom. The van der Waals surface area contributed by atoms with Gasteiger partial charge >= 0.3 is 6.18 Å². The first-order valence-electron chi connectivity index (χ1n) is 5.20. The third-order valence-corrected chi connectivity index (χ3v) is 2.33. The summed E-state index contributed by atoms with van der Waals surface area (Å²) < 4.78 is 44.0. The van der Waals surface area contributed by atoms with Gasteiger partial charge in [0.25, 0.3) is 0 Å². The SMILES string of the molecule is [CH2]C(C=C)c1cccc(OCC)c1C(F)(F)F. The van der Waals surface area contributed by atoms with Crippen LogP contribution in [0.4, 0.5) is 13.2 Å². The maximum Gasteiger partial charge on any atom is 0.420 e. The monoisotopic (exact) mass is 243 g/mol. The van der Waals surface area contributed by atoms with Gasteiger partial charge in [0.05, 0.1) is 6.61 Å². The lowest BCUT2D eigenvalue weighted by Crippen LogP contribution is -2.13. The van der Waals surface area contributed by atoms with Gasteiger partial charge in [-0.25, -0.2) is 0 Å². The number of benzene rings is 1. The molecule has 17 heavy (non-hydrogen) atoms. The maximum atomic E-state index is 13.0. The lowest BCUT2D eigenvalue weighted by molar-refractivity contribution is -0.139. The van der Waals surface area contributed by atoms with Gasteiger partial charge in [0, 0.05) is 5.92 Å². The molecule has 4 heteroatoms. The highest BCUT2D eigenvalue weighted by atomic mass is 19.4. The zero-order valence-electron chi connectivity index (χ0n) is 9.55. The van der Waals surface area contributed by atoms with Crippen molar-refractivity contribution in [3.05, 3.63) is 48.9 Å². The largest absolute Gasteiger partial charge is 0.493 e. The predicted molar refractivity (Wildman–Crippen MR) is 60.9 cm³/mol. The van der Waals surface area contributed by atoms with E-state index in [-0.39, 0.29) is 17.9 Å². The van der Waals surface area contributed by atoms with Gasteiger partial charge in [0.2, 0.25) is 0 Å². The Balaban J connectivity index is 3.39. The molecule has 0 aliphatic rings. The van der Waals surface area contributed by atoms with E-state index in [0.717, 1.165) is 0 Å². The summed E-state index contributed by atoms with van der Waals surface area (Å²) in [5.41, 5.74) is -0.680.